The molecule has 1 aliphatic rings. The highest BCUT2D eigenvalue weighted by molar-refractivity contribution is 7.17. The minimum absolute atomic E-state index is 0.00401. The number of halogens is 1. The third-order valence-corrected chi connectivity index (χ3v) is 6.25. The molecule has 0 bridgehead atoms. The lowest BCUT2D eigenvalue weighted by Crippen LogP contribution is -2.47. The Bertz CT molecular complexity index is 766. The Labute approximate surface area is 163 Å². The number of aryl methyl sites for hydroxylation is 1. The number of rotatable bonds is 6. The topological polar surface area (TPSA) is 63.2 Å². The van der Waals surface area contributed by atoms with Crippen molar-refractivity contribution in [3.63, 3.8) is 0 Å². The summed E-state index contributed by atoms with van der Waals surface area (Å²) in [5.74, 6) is -0.0673. The van der Waals surface area contributed by atoms with Crippen LogP contribution in [0.4, 0.5) is 0 Å². The van der Waals surface area contributed by atoms with Gasteiger partial charge >= 0.3 is 0 Å². The highest BCUT2D eigenvalue weighted by Gasteiger charge is 2.33. The first-order chi connectivity index (χ1) is 12.5. The van der Waals surface area contributed by atoms with Crippen molar-refractivity contribution in [3.8, 4) is 10.6 Å². The van der Waals surface area contributed by atoms with Crippen LogP contribution in [-0.4, -0.2) is 44.2 Å². The molecule has 0 spiro atoms. The molecule has 3 rings (SSSR count). The Balaban J connectivity index is 1.72. The number of benzene rings is 1. The molecule has 2 N–H and O–H groups in total. The molecule has 1 aliphatic heterocycles. The summed E-state index contributed by atoms with van der Waals surface area (Å²) in [6.45, 7) is 5.06. The molecule has 0 atom stereocenters. The number of thiazole rings is 1. The van der Waals surface area contributed by atoms with Crippen LogP contribution < -0.4 is 10.6 Å². The number of hydrogen-bond acceptors (Lipinski definition) is 5. The number of aromatic nitrogens is 1. The first-order valence-corrected chi connectivity index (χ1v) is 9.94. The van der Waals surface area contributed by atoms with Gasteiger partial charge in [0.1, 0.15) is 9.88 Å². The molecular formula is C19H24ClN3O2S. The predicted molar refractivity (Wildman–Crippen MR) is 106 cm³/mol. The van der Waals surface area contributed by atoms with Crippen LogP contribution in [0.3, 0.4) is 0 Å². The van der Waals surface area contributed by atoms with Crippen molar-refractivity contribution in [1.82, 2.24) is 15.6 Å². The van der Waals surface area contributed by atoms with Gasteiger partial charge in [0.15, 0.2) is 0 Å². The lowest BCUT2D eigenvalue weighted by atomic mass is 9.79. The van der Waals surface area contributed by atoms with Gasteiger partial charge in [-0.15, -0.1) is 11.3 Å². The van der Waals surface area contributed by atoms with E-state index in [1.807, 2.05) is 31.2 Å². The SMILES string of the molecule is COCC1(CNC(=O)c2sc(-c3cccc(Cl)c3)nc2C)CCNCC1. The molecule has 0 unspecified atom stereocenters. The molecule has 1 fully saturated rings. The van der Waals surface area contributed by atoms with E-state index in [0.29, 0.717) is 23.1 Å². The fourth-order valence-electron chi connectivity index (χ4n) is 3.34. The molecule has 0 saturated carbocycles. The maximum Gasteiger partial charge on any atom is 0.263 e. The van der Waals surface area contributed by atoms with Gasteiger partial charge in [-0.25, -0.2) is 4.98 Å². The molecule has 0 aliphatic carbocycles. The molecule has 1 aromatic heterocycles. The number of nitrogens with zero attached hydrogens (tertiary/aromatic N) is 1. The highest BCUT2D eigenvalue weighted by Crippen LogP contribution is 2.31. The van der Waals surface area contributed by atoms with E-state index in [0.717, 1.165) is 42.2 Å². The van der Waals surface area contributed by atoms with Gasteiger partial charge in [0.05, 0.1) is 12.3 Å². The average Bonchev–Trinajstić information content (AvgIpc) is 3.03. The van der Waals surface area contributed by atoms with E-state index < -0.39 is 0 Å². The minimum Gasteiger partial charge on any atom is -0.384 e. The predicted octanol–water partition coefficient (Wildman–Crippen LogP) is 3.52. The number of nitrogens with one attached hydrogen (secondary N) is 2. The number of carbonyl (C=O) groups excluding carboxylic acids is 1. The van der Waals surface area contributed by atoms with Crippen LogP contribution in [0.1, 0.15) is 28.2 Å². The number of piperidine rings is 1. The summed E-state index contributed by atoms with van der Waals surface area (Å²) in [5, 5.41) is 7.94. The van der Waals surface area contributed by atoms with Gasteiger partial charge in [-0.3, -0.25) is 4.79 Å². The number of methoxy groups -OCH3 is 1. The molecule has 26 heavy (non-hydrogen) atoms. The van der Waals surface area contributed by atoms with Crippen molar-refractivity contribution in [3.05, 3.63) is 39.9 Å². The molecule has 1 amide bonds. The molecule has 2 aromatic rings. The van der Waals surface area contributed by atoms with Crippen LogP contribution in [0.2, 0.25) is 5.02 Å². The summed E-state index contributed by atoms with van der Waals surface area (Å²) in [5.41, 5.74) is 1.68. The summed E-state index contributed by atoms with van der Waals surface area (Å²) in [6.07, 6.45) is 1.99. The van der Waals surface area contributed by atoms with Crippen molar-refractivity contribution >= 4 is 28.8 Å². The second kappa shape index (κ2) is 8.48. The normalized spacial score (nSPS) is 16.4. The van der Waals surface area contributed by atoms with Gasteiger partial charge in [-0.2, -0.15) is 0 Å². The minimum atomic E-state index is -0.0673. The van der Waals surface area contributed by atoms with Crippen LogP contribution in [0.5, 0.6) is 0 Å². The lowest BCUT2D eigenvalue weighted by molar-refractivity contribution is 0.0512. The quantitative estimate of drug-likeness (QED) is 0.788. The van der Waals surface area contributed by atoms with Crippen LogP contribution in [0.15, 0.2) is 24.3 Å². The van der Waals surface area contributed by atoms with Gasteiger partial charge < -0.3 is 15.4 Å². The maximum atomic E-state index is 12.7. The van der Waals surface area contributed by atoms with Crippen molar-refractivity contribution in [2.24, 2.45) is 5.41 Å². The van der Waals surface area contributed by atoms with Crippen molar-refractivity contribution in [2.75, 3.05) is 33.4 Å². The fourth-order valence-corrected chi connectivity index (χ4v) is 4.50. The Morgan fingerprint density at radius 1 is 1.42 bits per heavy atom. The van der Waals surface area contributed by atoms with E-state index in [1.165, 1.54) is 11.3 Å². The second-order valence-electron chi connectivity index (χ2n) is 6.81. The second-order valence-corrected chi connectivity index (χ2v) is 8.25. The smallest absolute Gasteiger partial charge is 0.263 e. The first-order valence-electron chi connectivity index (χ1n) is 8.74. The van der Waals surface area contributed by atoms with Crippen LogP contribution in [0.25, 0.3) is 10.6 Å². The molecule has 0 radical (unpaired) electrons. The van der Waals surface area contributed by atoms with E-state index in [-0.39, 0.29) is 11.3 Å². The summed E-state index contributed by atoms with van der Waals surface area (Å²) < 4.78 is 5.42. The van der Waals surface area contributed by atoms with Crippen molar-refractivity contribution in [2.45, 2.75) is 19.8 Å². The van der Waals surface area contributed by atoms with Crippen LogP contribution in [-0.2, 0) is 4.74 Å². The zero-order valence-electron chi connectivity index (χ0n) is 15.1. The Morgan fingerprint density at radius 2 is 2.19 bits per heavy atom. The van der Waals surface area contributed by atoms with Crippen LogP contribution >= 0.6 is 22.9 Å². The summed E-state index contributed by atoms with van der Waals surface area (Å²) in [4.78, 5) is 18.0. The Morgan fingerprint density at radius 3 is 2.88 bits per heavy atom. The van der Waals surface area contributed by atoms with E-state index >= 15 is 0 Å². The molecular weight excluding hydrogens is 370 g/mol. The van der Waals surface area contributed by atoms with E-state index in [9.17, 15) is 4.79 Å². The van der Waals surface area contributed by atoms with Crippen molar-refractivity contribution in [1.29, 1.82) is 0 Å². The summed E-state index contributed by atoms with van der Waals surface area (Å²) in [7, 11) is 1.72. The molecule has 2 heterocycles. The standard InChI is InChI=1S/C19H24ClN3O2S/c1-13-16(26-18(23-13)14-4-3-5-15(20)10-14)17(24)22-11-19(12-25-2)6-8-21-9-7-19/h3-5,10,21H,6-9,11-12H2,1-2H3,(H,22,24). The lowest BCUT2D eigenvalue weighted by Gasteiger charge is -2.37. The largest absolute Gasteiger partial charge is 0.384 e. The van der Waals surface area contributed by atoms with Crippen LogP contribution in [0, 0.1) is 12.3 Å². The Hall–Kier alpha value is -1.47. The Kier molecular flexibility index (Phi) is 6.29. The summed E-state index contributed by atoms with van der Waals surface area (Å²) in [6, 6.07) is 7.53. The van der Waals surface area contributed by atoms with E-state index in [4.69, 9.17) is 16.3 Å². The zero-order chi connectivity index (χ0) is 18.6. The molecule has 1 aromatic carbocycles. The number of ether oxygens (including phenoxy) is 1. The molecule has 140 valence electrons. The number of carbonyl (C=O) groups is 1. The van der Waals surface area contributed by atoms with E-state index in [1.54, 1.807) is 7.11 Å². The zero-order valence-corrected chi connectivity index (χ0v) is 16.7. The monoisotopic (exact) mass is 393 g/mol. The first kappa shape index (κ1) is 19.3. The number of hydrogen-bond donors (Lipinski definition) is 2. The van der Waals surface area contributed by atoms with Gasteiger partial charge in [-0.05, 0) is 45.0 Å². The molecule has 1 saturated heterocycles. The van der Waals surface area contributed by atoms with Gasteiger partial charge in [0.25, 0.3) is 5.91 Å². The number of amides is 1. The van der Waals surface area contributed by atoms with Gasteiger partial charge in [-0.1, -0.05) is 23.7 Å². The van der Waals surface area contributed by atoms with E-state index in [2.05, 4.69) is 15.6 Å². The maximum absolute atomic E-state index is 12.7. The molecule has 5 nitrogen and oxygen atoms in total. The van der Waals surface area contributed by atoms with Crippen molar-refractivity contribution < 1.29 is 9.53 Å². The third-order valence-electron chi connectivity index (χ3n) is 4.81. The van der Waals surface area contributed by atoms with Gasteiger partial charge in [0.2, 0.25) is 0 Å². The summed E-state index contributed by atoms with van der Waals surface area (Å²) >= 11 is 7.47. The van der Waals surface area contributed by atoms with Gasteiger partial charge in [0, 0.05) is 29.7 Å². The molecule has 7 heteroatoms. The average molecular weight is 394 g/mol. The third kappa shape index (κ3) is 4.43. The fraction of sp³-hybridized carbons (Fsp3) is 0.474. The highest BCUT2D eigenvalue weighted by atomic mass is 35.5.